The Balaban J connectivity index is 2.14. The van der Waals surface area contributed by atoms with E-state index >= 15 is 0 Å². The lowest BCUT2D eigenvalue weighted by molar-refractivity contribution is 0.583. The molecule has 0 N–H and O–H groups in total. The average Bonchev–Trinajstić information content (AvgIpc) is 2.29. The molecule has 0 aliphatic heterocycles. The topological polar surface area (TPSA) is 0 Å². The Morgan fingerprint density at radius 1 is 0.312 bits per heavy atom. The van der Waals surface area contributed by atoms with E-state index in [-0.39, 0.29) is 0 Å². The van der Waals surface area contributed by atoms with Gasteiger partial charge in [0.1, 0.15) is 0 Å². The van der Waals surface area contributed by atoms with Crippen molar-refractivity contribution >= 4 is 0 Å². The van der Waals surface area contributed by atoms with Gasteiger partial charge in [0.15, 0.2) is 0 Å². The van der Waals surface area contributed by atoms with Crippen molar-refractivity contribution in [3.05, 3.63) is 24.3 Å². The van der Waals surface area contributed by atoms with Crippen LogP contribution in [0, 0.1) is 0 Å². The van der Waals surface area contributed by atoms with Gasteiger partial charge in [0.2, 0.25) is 0 Å². The molecule has 0 amide bonds. The summed E-state index contributed by atoms with van der Waals surface area (Å²) in [5, 5.41) is 0. The van der Waals surface area contributed by atoms with Crippen LogP contribution in [0.5, 0.6) is 0 Å². The monoisotopic (exact) mass is 220 g/mol. The third kappa shape index (κ3) is 8.76. The summed E-state index contributed by atoms with van der Waals surface area (Å²) < 4.78 is 0. The van der Waals surface area contributed by atoms with Crippen LogP contribution in [0.25, 0.3) is 0 Å². The van der Waals surface area contributed by atoms with Gasteiger partial charge in [0, 0.05) is 0 Å². The van der Waals surface area contributed by atoms with Crippen LogP contribution in [0.1, 0.15) is 77.0 Å². The summed E-state index contributed by atoms with van der Waals surface area (Å²) in [6.07, 6.45) is 26.0. The lowest BCUT2D eigenvalue weighted by Gasteiger charge is -2.01. The minimum atomic E-state index is 1.27. The molecule has 0 atom stereocenters. The first-order chi connectivity index (χ1) is 8.00. The summed E-state index contributed by atoms with van der Waals surface area (Å²) in [4.78, 5) is 0. The van der Waals surface area contributed by atoms with Crippen LogP contribution < -0.4 is 0 Å². The Morgan fingerprint density at radius 2 is 0.625 bits per heavy atom. The van der Waals surface area contributed by atoms with Crippen LogP contribution in [-0.2, 0) is 0 Å². The number of rotatable bonds is 0. The summed E-state index contributed by atoms with van der Waals surface area (Å²) in [7, 11) is 0. The number of allylic oxidation sites excluding steroid dienone is 4. The molecule has 0 heteroatoms. The Bertz CT molecular complexity index is 168. The fraction of sp³-hybridized carbons (Fsp3) is 0.750. The van der Waals surface area contributed by atoms with Gasteiger partial charge in [-0.2, -0.15) is 0 Å². The average molecular weight is 220 g/mol. The summed E-state index contributed by atoms with van der Waals surface area (Å²) in [5.41, 5.74) is 0. The van der Waals surface area contributed by atoms with Gasteiger partial charge in [-0.15, -0.1) is 0 Å². The van der Waals surface area contributed by atoms with E-state index in [0.717, 1.165) is 0 Å². The highest BCUT2D eigenvalue weighted by molar-refractivity contribution is 4.85. The molecular formula is C16H28. The maximum atomic E-state index is 2.38. The van der Waals surface area contributed by atoms with Crippen LogP contribution in [0.15, 0.2) is 24.3 Å². The quantitative estimate of drug-likeness (QED) is 0.453. The highest BCUT2D eigenvalue weighted by Crippen LogP contribution is 2.11. The van der Waals surface area contributed by atoms with E-state index in [4.69, 9.17) is 0 Å². The molecule has 0 aromatic heterocycles. The van der Waals surface area contributed by atoms with Crippen LogP contribution >= 0.6 is 0 Å². The lowest BCUT2D eigenvalue weighted by Crippen LogP contribution is -1.81. The van der Waals surface area contributed by atoms with Crippen LogP contribution in [0.4, 0.5) is 0 Å². The molecule has 0 bridgehead atoms. The van der Waals surface area contributed by atoms with Crippen LogP contribution in [0.3, 0.4) is 0 Å². The summed E-state index contributed by atoms with van der Waals surface area (Å²) in [6.45, 7) is 0. The van der Waals surface area contributed by atoms with Gasteiger partial charge >= 0.3 is 0 Å². The Labute approximate surface area is 102 Å². The molecule has 0 spiro atoms. The van der Waals surface area contributed by atoms with Crippen molar-refractivity contribution in [1.29, 1.82) is 0 Å². The van der Waals surface area contributed by atoms with Gasteiger partial charge in [0.25, 0.3) is 0 Å². The highest BCUT2D eigenvalue weighted by atomic mass is 14.0. The Kier molecular flexibility index (Phi) is 9.30. The Morgan fingerprint density at radius 3 is 1.06 bits per heavy atom. The molecule has 16 heavy (non-hydrogen) atoms. The first kappa shape index (κ1) is 13.5. The van der Waals surface area contributed by atoms with Gasteiger partial charge < -0.3 is 0 Å². The molecule has 0 saturated heterocycles. The van der Waals surface area contributed by atoms with E-state index < -0.39 is 0 Å². The van der Waals surface area contributed by atoms with Gasteiger partial charge in [-0.25, -0.2) is 0 Å². The van der Waals surface area contributed by atoms with Crippen LogP contribution in [-0.4, -0.2) is 0 Å². The fourth-order valence-corrected chi connectivity index (χ4v) is 2.23. The third-order valence-corrected chi connectivity index (χ3v) is 3.32. The summed E-state index contributed by atoms with van der Waals surface area (Å²) in [5.74, 6) is 0. The van der Waals surface area contributed by atoms with E-state index in [1.54, 1.807) is 0 Å². The minimum Gasteiger partial charge on any atom is -0.0885 e. The molecule has 0 saturated carbocycles. The van der Waals surface area contributed by atoms with Crippen molar-refractivity contribution in [2.45, 2.75) is 77.0 Å². The molecule has 1 aliphatic rings. The standard InChI is InChI=1S/C16H28/c1-2-4-6-8-10-12-14-16-15-13-11-9-7-5-3-1/h1-2,9,11H,3-8,10,12-16H2/b2-1-,11-9-. The van der Waals surface area contributed by atoms with Crippen molar-refractivity contribution in [3.63, 3.8) is 0 Å². The first-order valence-corrected chi connectivity index (χ1v) is 7.30. The molecular weight excluding hydrogens is 192 g/mol. The van der Waals surface area contributed by atoms with E-state index in [1.165, 1.54) is 77.0 Å². The molecule has 1 aliphatic carbocycles. The molecule has 0 heterocycles. The van der Waals surface area contributed by atoms with E-state index in [2.05, 4.69) is 24.3 Å². The van der Waals surface area contributed by atoms with E-state index in [1.807, 2.05) is 0 Å². The fourth-order valence-electron chi connectivity index (χ4n) is 2.23. The SMILES string of the molecule is C1=C\CCCCCCCCC/C=C\CCC/1. The maximum absolute atomic E-state index is 2.38. The second kappa shape index (κ2) is 11.0. The highest BCUT2D eigenvalue weighted by Gasteiger charge is 1.91. The van der Waals surface area contributed by atoms with Crippen molar-refractivity contribution in [2.75, 3.05) is 0 Å². The molecule has 0 unspecified atom stereocenters. The number of hydrogen-bond donors (Lipinski definition) is 0. The van der Waals surface area contributed by atoms with E-state index in [0.29, 0.717) is 0 Å². The van der Waals surface area contributed by atoms with E-state index in [9.17, 15) is 0 Å². The van der Waals surface area contributed by atoms with Gasteiger partial charge in [-0.3, -0.25) is 0 Å². The van der Waals surface area contributed by atoms with Crippen LogP contribution in [0.2, 0.25) is 0 Å². The molecule has 0 aromatic rings. The first-order valence-electron chi connectivity index (χ1n) is 7.30. The normalized spacial score (nSPS) is 26.0. The molecule has 0 fully saturated rings. The largest absolute Gasteiger partial charge is 0.0885 e. The number of hydrogen-bond acceptors (Lipinski definition) is 0. The zero-order valence-corrected chi connectivity index (χ0v) is 10.8. The molecule has 92 valence electrons. The van der Waals surface area contributed by atoms with Crippen molar-refractivity contribution < 1.29 is 0 Å². The Hall–Kier alpha value is -0.520. The predicted octanol–water partition coefficient (Wildman–Crippen LogP) is 5.79. The second-order valence-electron chi connectivity index (χ2n) is 4.93. The van der Waals surface area contributed by atoms with Crippen molar-refractivity contribution in [1.82, 2.24) is 0 Å². The lowest BCUT2D eigenvalue weighted by atomic mass is 10.1. The third-order valence-electron chi connectivity index (χ3n) is 3.32. The van der Waals surface area contributed by atoms with Gasteiger partial charge in [0.05, 0.1) is 0 Å². The molecule has 0 radical (unpaired) electrons. The van der Waals surface area contributed by atoms with Crippen molar-refractivity contribution in [3.8, 4) is 0 Å². The molecule has 0 nitrogen and oxygen atoms in total. The summed E-state index contributed by atoms with van der Waals surface area (Å²) >= 11 is 0. The zero-order chi connectivity index (χ0) is 11.3. The molecule has 0 aromatic carbocycles. The predicted molar refractivity (Wildman–Crippen MR) is 73.7 cm³/mol. The van der Waals surface area contributed by atoms with Gasteiger partial charge in [-0.1, -0.05) is 56.4 Å². The minimum absolute atomic E-state index is 1.27. The maximum Gasteiger partial charge on any atom is -0.0348 e. The van der Waals surface area contributed by atoms with Gasteiger partial charge in [-0.05, 0) is 44.9 Å². The molecule has 1 rings (SSSR count). The zero-order valence-electron chi connectivity index (χ0n) is 10.8. The smallest absolute Gasteiger partial charge is 0.0348 e. The van der Waals surface area contributed by atoms with Crippen molar-refractivity contribution in [2.24, 2.45) is 0 Å². The second-order valence-corrected chi connectivity index (χ2v) is 4.93. The summed E-state index contributed by atoms with van der Waals surface area (Å²) in [6, 6.07) is 0.